The van der Waals surface area contributed by atoms with Gasteiger partial charge in [0.25, 0.3) is 0 Å². The van der Waals surface area contributed by atoms with Crippen LogP contribution in [-0.2, 0) is 12.0 Å². The molecule has 1 aromatic rings. The van der Waals surface area contributed by atoms with E-state index in [1.807, 2.05) is 0 Å². The maximum atomic E-state index is 4.76. The van der Waals surface area contributed by atoms with Gasteiger partial charge in [-0.25, -0.2) is 4.98 Å². The molecule has 1 aromatic heterocycles. The maximum absolute atomic E-state index is 4.76. The molecule has 2 nitrogen and oxygen atoms in total. The van der Waals surface area contributed by atoms with Crippen molar-refractivity contribution in [2.75, 3.05) is 13.1 Å². The van der Waals surface area contributed by atoms with E-state index in [2.05, 4.69) is 47.0 Å². The smallest absolute Gasteiger partial charge is 0.107 e. The van der Waals surface area contributed by atoms with Crippen LogP contribution in [0.2, 0.25) is 0 Å². The summed E-state index contributed by atoms with van der Waals surface area (Å²) in [6.45, 7) is 10.1. The number of hydrogen-bond acceptors (Lipinski definition) is 3. The highest BCUT2D eigenvalue weighted by Crippen LogP contribution is 2.25. The quantitative estimate of drug-likeness (QED) is 0.771. The zero-order valence-corrected chi connectivity index (χ0v) is 13.3. The maximum Gasteiger partial charge on any atom is 0.107 e. The van der Waals surface area contributed by atoms with E-state index in [0.29, 0.717) is 0 Å². The molecule has 0 spiro atoms. The lowest BCUT2D eigenvalue weighted by Gasteiger charge is -2.28. The molecule has 0 radical (unpaired) electrons. The number of alkyl halides is 1. The molecular weight excluding hydrogens is 296 g/mol. The van der Waals surface area contributed by atoms with Gasteiger partial charge < -0.3 is 0 Å². The first kappa shape index (κ1) is 13.5. The third-order valence-electron chi connectivity index (χ3n) is 3.20. The van der Waals surface area contributed by atoms with E-state index in [1.54, 1.807) is 11.3 Å². The molecule has 2 heterocycles. The Labute approximate surface area is 117 Å². The monoisotopic (exact) mass is 316 g/mol. The lowest BCUT2D eigenvalue weighted by Crippen LogP contribution is -2.33. The Morgan fingerprint density at radius 1 is 1.41 bits per heavy atom. The van der Waals surface area contributed by atoms with Crippen molar-refractivity contribution in [3.8, 4) is 0 Å². The highest BCUT2D eigenvalue weighted by Gasteiger charge is 2.20. The first-order chi connectivity index (χ1) is 7.95. The minimum Gasteiger partial charge on any atom is -0.297 e. The molecule has 0 bridgehead atoms. The Bertz CT molecular complexity index is 362. The molecule has 1 saturated heterocycles. The number of piperidine rings is 1. The summed E-state index contributed by atoms with van der Waals surface area (Å²) < 4.78 is 0. The van der Waals surface area contributed by atoms with Gasteiger partial charge >= 0.3 is 0 Å². The van der Waals surface area contributed by atoms with Crippen molar-refractivity contribution in [1.29, 1.82) is 0 Å². The molecule has 1 fully saturated rings. The van der Waals surface area contributed by atoms with Crippen molar-refractivity contribution >= 4 is 27.3 Å². The van der Waals surface area contributed by atoms with Gasteiger partial charge in [0, 0.05) is 15.6 Å². The van der Waals surface area contributed by atoms with Crippen LogP contribution in [0.4, 0.5) is 0 Å². The highest BCUT2D eigenvalue weighted by atomic mass is 79.9. The van der Waals surface area contributed by atoms with Crippen molar-refractivity contribution in [3.05, 3.63) is 16.1 Å². The van der Waals surface area contributed by atoms with Crippen LogP contribution < -0.4 is 0 Å². The van der Waals surface area contributed by atoms with Gasteiger partial charge in [-0.3, -0.25) is 4.90 Å². The van der Waals surface area contributed by atoms with E-state index in [-0.39, 0.29) is 5.41 Å². The van der Waals surface area contributed by atoms with Gasteiger partial charge in [-0.2, -0.15) is 0 Å². The summed E-state index contributed by atoms with van der Waals surface area (Å²) in [5.74, 6) is 0. The molecule has 0 aromatic carbocycles. The number of nitrogens with zero attached hydrogens (tertiary/aromatic N) is 2. The van der Waals surface area contributed by atoms with E-state index in [4.69, 9.17) is 4.98 Å². The van der Waals surface area contributed by atoms with Gasteiger partial charge in [0.05, 0.1) is 12.2 Å². The summed E-state index contributed by atoms with van der Waals surface area (Å²) in [5, 5.41) is 3.48. The fourth-order valence-corrected chi connectivity index (χ4v) is 3.45. The van der Waals surface area contributed by atoms with Gasteiger partial charge in [0.1, 0.15) is 5.01 Å². The van der Waals surface area contributed by atoms with Crippen LogP contribution in [0.5, 0.6) is 0 Å². The average Bonchev–Trinajstić information content (AvgIpc) is 2.69. The molecule has 17 heavy (non-hydrogen) atoms. The van der Waals surface area contributed by atoms with Crippen LogP contribution in [0.1, 0.15) is 44.3 Å². The summed E-state index contributed by atoms with van der Waals surface area (Å²) in [5.41, 5.74) is 1.41. The summed E-state index contributed by atoms with van der Waals surface area (Å²) in [7, 11) is 0. The topological polar surface area (TPSA) is 16.1 Å². The standard InChI is InChI=1S/C13H21BrN2S/c1-13(2,3)11-9-17-12(15-11)8-16-6-4-10(14)5-7-16/h9-10H,4-8H2,1-3H3. The number of halogens is 1. The third kappa shape index (κ3) is 3.76. The van der Waals surface area contributed by atoms with Crippen LogP contribution in [0.25, 0.3) is 0 Å². The van der Waals surface area contributed by atoms with E-state index in [1.165, 1.54) is 36.6 Å². The normalized spacial score (nSPS) is 19.8. The van der Waals surface area contributed by atoms with Crippen LogP contribution in [0.15, 0.2) is 5.38 Å². The number of rotatable bonds is 2. The molecule has 96 valence electrons. The lowest BCUT2D eigenvalue weighted by atomic mass is 9.93. The highest BCUT2D eigenvalue weighted by molar-refractivity contribution is 9.09. The second-order valence-corrected chi connectivity index (χ2v) is 8.06. The first-order valence-corrected chi connectivity index (χ1v) is 8.06. The molecule has 0 atom stereocenters. The molecule has 1 aliphatic rings. The van der Waals surface area contributed by atoms with E-state index in [0.717, 1.165) is 11.4 Å². The fraction of sp³-hybridized carbons (Fsp3) is 0.769. The number of thiazole rings is 1. The van der Waals surface area contributed by atoms with Crippen molar-refractivity contribution in [1.82, 2.24) is 9.88 Å². The Morgan fingerprint density at radius 3 is 2.59 bits per heavy atom. The number of likely N-dealkylation sites (tertiary alicyclic amines) is 1. The molecule has 1 aliphatic heterocycles. The molecule has 0 aliphatic carbocycles. The van der Waals surface area contributed by atoms with Crippen molar-refractivity contribution < 1.29 is 0 Å². The van der Waals surface area contributed by atoms with Crippen LogP contribution in [0, 0.1) is 0 Å². The zero-order chi connectivity index (χ0) is 12.5. The van der Waals surface area contributed by atoms with Crippen molar-refractivity contribution in [3.63, 3.8) is 0 Å². The second-order valence-electron chi connectivity index (χ2n) is 5.83. The average molecular weight is 317 g/mol. The minimum atomic E-state index is 0.178. The minimum absolute atomic E-state index is 0.178. The third-order valence-corrected chi connectivity index (χ3v) is 4.95. The molecule has 4 heteroatoms. The van der Waals surface area contributed by atoms with Gasteiger partial charge in [0.15, 0.2) is 0 Å². The number of aromatic nitrogens is 1. The Morgan fingerprint density at radius 2 is 2.06 bits per heavy atom. The first-order valence-electron chi connectivity index (χ1n) is 6.26. The van der Waals surface area contributed by atoms with Crippen LogP contribution >= 0.6 is 27.3 Å². The predicted octanol–water partition coefficient (Wildman–Crippen LogP) is 3.80. The number of hydrogen-bond donors (Lipinski definition) is 0. The molecule has 2 rings (SSSR count). The Kier molecular flexibility index (Phi) is 4.26. The molecular formula is C13H21BrN2S. The van der Waals surface area contributed by atoms with Gasteiger partial charge in [-0.1, -0.05) is 36.7 Å². The Balaban J connectivity index is 1.93. The van der Waals surface area contributed by atoms with Gasteiger partial charge in [-0.15, -0.1) is 11.3 Å². The molecule has 0 saturated carbocycles. The van der Waals surface area contributed by atoms with Gasteiger partial charge in [0.2, 0.25) is 0 Å². The zero-order valence-electron chi connectivity index (χ0n) is 10.9. The Hall–Kier alpha value is 0.0700. The summed E-state index contributed by atoms with van der Waals surface area (Å²) in [6, 6.07) is 0. The summed E-state index contributed by atoms with van der Waals surface area (Å²) >= 11 is 5.50. The van der Waals surface area contributed by atoms with E-state index < -0.39 is 0 Å². The molecule has 0 amide bonds. The second kappa shape index (κ2) is 5.37. The van der Waals surface area contributed by atoms with E-state index >= 15 is 0 Å². The van der Waals surface area contributed by atoms with Crippen molar-refractivity contribution in [2.24, 2.45) is 0 Å². The van der Waals surface area contributed by atoms with Crippen LogP contribution in [-0.4, -0.2) is 27.8 Å². The fourth-order valence-electron chi connectivity index (χ4n) is 1.98. The lowest BCUT2D eigenvalue weighted by molar-refractivity contribution is 0.225. The predicted molar refractivity (Wildman–Crippen MR) is 78.0 cm³/mol. The van der Waals surface area contributed by atoms with Crippen LogP contribution in [0.3, 0.4) is 0 Å². The van der Waals surface area contributed by atoms with Crippen molar-refractivity contribution in [2.45, 2.75) is 50.4 Å². The molecule has 0 N–H and O–H groups in total. The SMILES string of the molecule is CC(C)(C)c1csc(CN2CCC(Br)CC2)n1. The molecule has 0 unspecified atom stereocenters. The van der Waals surface area contributed by atoms with E-state index in [9.17, 15) is 0 Å². The largest absolute Gasteiger partial charge is 0.297 e. The summed E-state index contributed by atoms with van der Waals surface area (Å²) in [6.07, 6.45) is 2.52. The van der Waals surface area contributed by atoms with Gasteiger partial charge in [-0.05, 0) is 25.9 Å². The summed E-state index contributed by atoms with van der Waals surface area (Å²) in [4.78, 5) is 8.00.